The van der Waals surface area contributed by atoms with E-state index >= 15 is 0 Å². The number of aliphatic hydroxyl groups excluding tert-OH is 1. The molecule has 0 aliphatic rings. The fraction of sp³-hybridized carbons (Fsp3) is 1.00. The summed E-state index contributed by atoms with van der Waals surface area (Å²) in [4.78, 5) is 2.54. The third-order valence-electron chi connectivity index (χ3n) is 0.897. The molecule has 0 fully saturated rings. The summed E-state index contributed by atoms with van der Waals surface area (Å²) in [5, 5.41) is 11.7. The van der Waals surface area contributed by atoms with E-state index < -0.39 is 0 Å². The van der Waals surface area contributed by atoms with Crippen molar-refractivity contribution in [2.45, 2.75) is 19.4 Å². The first-order chi connectivity index (χ1) is 3.85. The van der Waals surface area contributed by atoms with Gasteiger partial charge in [0.05, 0.1) is 12.6 Å². The number of nitrogens with zero attached hydrogens (tertiary/aromatic N) is 3. The highest BCUT2D eigenvalue weighted by molar-refractivity contribution is 4.61. The molecule has 56 valence electrons. The molecule has 4 heteroatoms. The van der Waals surface area contributed by atoms with Crippen LogP contribution < -0.4 is 0 Å². The van der Waals surface area contributed by atoms with Crippen molar-refractivity contribution in [1.82, 2.24) is 0 Å². The van der Waals surface area contributed by atoms with E-state index in [1.165, 1.54) is 0 Å². The second-order valence-electron chi connectivity index (χ2n) is 1.45. The fourth-order valence-electron chi connectivity index (χ4n) is 0.320. The molecular weight excluding hydrogens is 106 g/mol. The zero-order valence-corrected chi connectivity index (χ0v) is 4.78. The third kappa shape index (κ3) is 2.44. The molecule has 0 spiro atoms. The van der Waals surface area contributed by atoms with Crippen LogP contribution in [0.4, 0.5) is 0 Å². The van der Waals surface area contributed by atoms with Gasteiger partial charge in [0.1, 0.15) is 0 Å². The normalized spacial score (nSPS) is 12.2. The van der Waals surface area contributed by atoms with Crippen LogP contribution in [0.1, 0.15) is 20.5 Å². The summed E-state index contributed by atoms with van der Waals surface area (Å²) in [6.07, 6.45) is 0.695. The van der Waals surface area contributed by atoms with Crippen molar-refractivity contribution < 1.29 is 12.2 Å². The minimum absolute atomic E-state index is 0. The number of azide groups is 1. The van der Waals surface area contributed by atoms with Crippen molar-refractivity contribution in [3.63, 3.8) is 0 Å². The Morgan fingerprint density at radius 1 is 2.00 bits per heavy atom. The lowest BCUT2D eigenvalue weighted by molar-refractivity contribution is 0.263. The van der Waals surface area contributed by atoms with Crippen LogP contribution in [0, 0.1) is 0 Å². The first kappa shape index (κ1) is 7.27. The molecule has 0 aliphatic carbocycles. The van der Waals surface area contributed by atoms with Gasteiger partial charge in [-0.05, 0) is 12.0 Å². The van der Waals surface area contributed by atoms with Gasteiger partial charge < -0.3 is 5.11 Å². The molecule has 4 nitrogen and oxygen atoms in total. The molecule has 0 saturated heterocycles. The summed E-state index contributed by atoms with van der Waals surface area (Å²) in [6, 6.07) is -0.236. The fourth-order valence-corrected chi connectivity index (χ4v) is 0.320. The Bertz CT molecular complexity index is 106. The van der Waals surface area contributed by atoms with Crippen LogP contribution in [-0.2, 0) is 0 Å². The molecule has 8 heavy (non-hydrogen) atoms. The van der Waals surface area contributed by atoms with Crippen molar-refractivity contribution in [3.8, 4) is 0 Å². The zero-order chi connectivity index (χ0) is 6.41. The third-order valence-corrected chi connectivity index (χ3v) is 0.897. The molecule has 0 amide bonds. The van der Waals surface area contributed by atoms with E-state index in [2.05, 4.69) is 10.0 Å². The van der Waals surface area contributed by atoms with E-state index in [9.17, 15) is 0 Å². The molecular formula is C4H19N3O. The maximum absolute atomic E-state index is 8.39. The summed E-state index contributed by atoms with van der Waals surface area (Å²) in [5.74, 6) is 0. The van der Waals surface area contributed by atoms with Gasteiger partial charge in [0, 0.05) is 12.0 Å². The predicted octanol–water partition coefficient (Wildman–Crippen LogP) is 2.30. The van der Waals surface area contributed by atoms with Gasteiger partial charge in [0.15, 0.2) is 0 Å². The second kappa shape index (κ2) is 4.43. The summed E-state index contributed by atoms with van der Waals surface area (Å²) in [5.41, 5.74) is 7.85. The topological polar surface area (TPSA) is 69.0 Å². The summed E-state index contributed by atoms with van der Waals surface area (Å²) in [7, 11) is 0. The highest BCUT2D eigenvalue weighted by Crippen LogP contribution is 1.93. The number of hydrogen-bond acceptors (Lipinski definition) is 2. The summed E-state index contributed by atoms with van der Waals surface area (Å²) in [6.45, 7) is 1.80. The Hall–Kier alpha value is -0.730. The van der Waals surface area contributed by atoms with E-state index in [1.54, 1.807) is 0 Å². The van der Waals surface area contributed by atoms with Crippen LogP contribution in [0.25, 0.3) is 10.4 Å². The SMILES string of the molecule is CC[C@H](CO)N=[N+]=[N-].[HH].[HH].[HH].[HH].[HH]. The Kier molecular flexibility index (Phi) is 4.03. The maximum atomic E-state index is 8.39. The van der Waals surface area contributed by atoms with Crippen LogP contribution in [0.3, 0.4) is 0 Å². The van der Waals surface area contributed by atoms with Gasteiger partial charge >= 0.3 is 0 Å². The smallest absolute Gasteiger partial charge is 0.0602 e. The molecule has 0 saturated carbocycles. The predicted molar refractivity (Wildman–Crippen MR) is 40.9 cm³/mol. The van der Waals surface area contributed by atoms with Gasteiger partial charge in [-0.25, -0.2) is 0 Å². The quantitative estimate of drug-likeness (QED) is 0.351. The molecule has 0 rings (SSSR count). The second-order valence-corrected chi connectivity index (χ2v) is 1.45. The minimum Gasteiger partial charge on any atom is -0.396 e. The zero-order valence-electron chi connectivity index (χ0n) is 4.78. The van der Waals surface area contributed by atoms with Crippen LogP contribution >= 0.6 is 0 Å². The van der Waals surface area contributed by atoms with Crippen molar-refractivity contribution in [2.75, 3.05) is 6.61 Å². The Morgan fingerprint density at radius 3 is 2.75 bits per heavy atom. The average Bonchev–Trinajstić information content (AvgIpc) is 1.83. The van der Waals surface area contributed by atoms with E-state index in [4.69, 9.17) is 10.6 Å². The Balaban J connectivity index is -0.0000000245. The van der Waals surface area contributed by atoms with Gasteiger partial charge in [-0.15, -0.1) is 0 Å². The Morgan fingerprint density at radius 2 is 2.62 bits per heavy atom. The molecule has 0 aliphatic heterocycles. The van der Waals surface area contributed by atoms with E-state index in [1.807, 2.05) is 6.92 Å². The maximum Gasteiger partial charge on any atom is 0.0602 e. The lowest BCUT2D eigenvalue weighted by Crippen LogP contribution is -2.05. The largest absolute Gasteiger partial charge is 0.396 e. The number of hydrogen-bond donors (Lipinski definition) is 1. The standard InChI is InChI=1S/C4H9N3O.5H2/c1-2-4(3-8)6-7-5;;;;;/h4,8H,2-3H2,1H3;5*1H/t4-;;;;;/m1...../s1. The number of aliphatic hydroxyl groups is 1. The molecule has 0 bridgehead atoms. The van der Waals surface area contributed by atoms with Gasteiger partial charge in [0.25, 0.3) is 0 Å². The highest BCUT2D eigenvalue weighted by atomic mass is 16.3. The van der Waals surface area contributed by atoms with Gasteiger partial charge in [-0.1, -0.05) is 12.0 Å². The molecule has 1 N–H and O–H groups in total. The van der Waals surface area contributed by atoms with Crippen molar-refractivity contribution in [1.29, 1.82) is 0 Å². The molecule has 0 aromatic rings. The van der Waals surface area contributed by atoms with Crippen LogP contribution in [-0.4, -0.2) is 17.8 Å². The summed E-state index contributed by atoms with van der Waals surface area (Å²) >= 11 is 0. The van der Waals surface area contributed by atoms with Crippen molar-refractivity contribution in [2.24, 2.45) is 5.11 Å². The Labute approximate surface area is 55.2 Å². The molecule has 0 heterocycles. The molecule has 0 radical (unpaired) electrons. The van der Waals surface area contributed by atoms with E-state index in [-0.39, 0.29) is 19.8 Å². The minimum atomic E-state index is -0.236. The first-order valence-electron chi connectivity index (χ1n) is 2.50. The summed E-state index contributed by atoms with van der Waals surface area (Å²) < 4.78 is 0. The average molecular weight is 125 g/mol. The van der Waals surface area contributed by atoms with E-state index in [0.717, 1.165) is 0 Å². The van der Waals surface area contributed by atoms with Gasteiger partial charge in [-0.3, -0.25) is 0 Å². The molecule has 1 atom stereocenters. The van der Waals surface area contributed by atoms with Gasteiger partial charge in [0.2, 0.25) is 0 Å². The monoisotopic (exact) mass is 125 g/mol. The molecule has 0 aromatic carbocycles. The van der Waals surface area contributed by atoms with Crippen LogP contribution in [0.5, 0.6) is 0 Å². The van der Waals surface area contributed by atoms with Gasteiger partial charge in [-0.2, -0.15) is 0 Å². The van der Waals surface area contributed by atoms with Crippen molar-refractivity contribution >= 4 is 0 Å². The molecule has 0 unspecified atom stereocenters. The lowest BCUT2D eigenvalue weighted by atomic mass is 10.3. The number of rotatable bonds is 3. The van der Waals surface area contributed by atoms with Crippen LogP contribution in [0.15, 0.2) is 5.11 Å². The highest BCUT2D eigenvalue weighted by Gasteiger charge is 1.97. The first-order valence-corrected chi connectivity index (χ1v) is 2.50. The molecule has 0 aromatic heterocycles. The van der Waals surface area contributed by atoms with E-state index in [0.29, 0.717) is 6.42 Å². The van der Waals surface area contributed by atoms with Crippen LogP contribution in [0.2, 0.25) is 0 Å². The van der Waals surface area contributed by atoms with Crippen molar-refractivity contribution in [3.05, 3.63) is 10.4 Å². The lowest BCUT2D eigenvalue weighted by Gasteiger charge is -1.98.